The maximum atomic E-state index is 12.9. The van der Waals surface area contributed by atoms with Crippen LogP contribution in [0.3, 0.4) is 0 Å². The lowest BCUT2D eigenvalue weighted by molar-refractivity contribution is -0.238. The molecule has 1 N–H and O–H groups in total. The molecule has 0 bridgehead atoms. The van der Waals surface area contributed by atoms with Gasteiger partial charge in [0.1, 0.15) is 43.2 Å². The van der Waals surface area contributed by atoms with Crippen molar-refractivity contribution in [3.63, 3.8) is 0 Å². The van der Waals surface area contributed by atoms with Gasteiger partial charge < -0.3 is 38.5 Å². The summed E-state index contributed by atoms with van der Waals surface area (Å²) in [5, 5.41) is 2.66. The van der Waals surface area contributed by atoms with E-state index in [2.05, 4.69) is 5.32 Å². The molecule has 0 aliphatic carbocycles. The number of carbonyl (C=O) groups excluding carboxylic acids is 2. The zero-order chi connectivity index (χ0) is 25.4. The molecule has 1 aromatic rings. The average Bonchev–Trinajstić information content (AvgIpc) is 3.41. The topological polar surface area (TPSA) is 111 Å². The van der Waals surface area contributed by atoms with E-state index < -0.39 is 66.3 Å². The van der Waals surface area contributed by atoms with Crippen LogP contribution in [0.4, 0.5) is 0 Å². The number of carbonyl (C=O) groups is 2. The molecule has 0 saturated carbocycles. The first-order valence-corrected chi connectivity index (χ1v) is 11.9. The van der Waals surface area contributed by atoms with E-state index in [1.54, 1.807) is 27.7 Å². The Bertz CT molecular complexity index is 905. The number of hydrogen-bond donors (Lipinski definition) is 1. The number of fused-ring (bicyclic) bond motifs is 1. The van der Waals surface area contributed by atoms with Crippen molar-refractivity contribution < 1.29 is 42.7 Å². The highest BCUT2D eigenvalue weighted by atomic mass is 16.8. The van der Waals surface area contributed by atoms with Crippen LogP contribution in [-0.2, 0) is 49.4 Å². The SMILES string of the molecule is CC(O[C@@H]1[C@H]2OC(C)(C)O[C@H]2O[C@@H]1C1COC(C)(C)O1)C(=O)N[C@@H](C)C(=O)OCc1ccccc1. The Morgan fingerprint density at radius 2 is 1.74 bits per heavy atom. The molecule has 0 spiro atoms. The monoisotopic (exact) mass is 493 g/mol. The summed E-state index contributed by atoms with van der Waals surface area (Å²) in [6, 6.07) is 8.47. The molecule has 3 heterocycles. The molecule has 3 aliphatic rings. The van der Waals surface area contributed by atoms with Crippen LogP contribution in [0, 0.1) is 0 Å². The first-order valence-electron chi connectivity index (χ1n) is 11.9. The second-order valence-electron chi connectivity index (χ2n) is 10.0. The second kappa shape index (κ2) is 10.1. The number of amides is 1. The highest BCUT2D eigenvalue weighted by Crippen LogP contribution is 2.42. The van der Waals surface area contributed by atoms with Gasteiger partial charge in [0.05, 0.1) is 6.61 Å². The Morgan fingerprint density at radius 1 is 1.03 bits per heavy atom. The van der Waals surface area contributed by atoms with Gasteiger partial charge in [0.25, 0.3) is 0 Å². The Labute approximate surface area is 205 Å². The van der Waals surface area contributed by atoms with E-state index >= 15 is 0 Å². The second-order valence-corrected chi connectivity index (χ2v) is 10.0. The smallest absolute Gasteiger partial charge is 0.328 e. The predicted octanol–water partition coefficient (Wildman–Crippen LogP) is 2.04. The molecule has 1 aromatic carbocycles. The zero-order valence-corrected chi connectivity index (χ0v) is 21.0. The van der Waals surface area contributed by atoms with Gasteiger partial charge in [-0.15, -0.1) is 0 Å². The lowest BCUT2D eigenvalue weighted by atomic mass is 10.1. The largest absolute Gasteiger partial charge is 0.459 e. The number of esters is 1. The van der Waals surface area contributed by atoms with Crippen LogP contribution in [0.5, 0.6) is 0 Å². The number of rotatable bonds is 8. The third-order valence-electron chi connectivity index (χ3n) is 6.09. The van der Waals surface area contributed by atoms with Gasteiger partial charge in [0.2, 0.25) is 5.91 Å². The Kier molecular flexibility index (Phi) is 7.51. The highest BCUT2D eigenvalue weighted by molar-refractivity contribution is 5.86. The quantitative estimate of drug-likeness (QED) is 0.544. The summed E-state index contributed by atoms with van der Waals surface area (Å²) in [6.07, 6.45) is -3.74. The maximum absolute atomic E-state index is 12.9. The molecule has 10 nitrogen and oxygen atoms in total. The van der Waals surface area contributed by atoms with Gasteiger partial charge >= 0.3 is 5.97 Å². The number of benzene rings is 1. The molecule has 0 radical (unpaired) electrons. The minimum atomic E-state index is -0.906. The molecular formula is C25H35NO9. The number of hydrogen-bond acceptors (Lipinski definition) is 9. The third-order valence-corrected chi connectivity index (χ3v) is 6.09. The Hall–Kier alpha value is -2.08. The van der Waals surface area contributed by atoms with E-state index in [4.69, 9.17) is 33.2 Å². The van der Waals surface area contributed by atoms with E-state index in [1.165, 1.54) is 0 Å². The number of nitrogens with one attached hydrogen (secondary N) is 1. The van der Waals surface area contributed by atoms with Gasteiger partial charge in [-0.25, -0.2) is 4.79 Å². The van der Waals surface area contributed by atoms with Crippen molar-refractivity contribution in [1.29, 1.82) is 0 Å². The van der Waals surface area contributed by atoms with Gasteiger partial charge in [-0.05, 0) is 47.1 Å². The van der Waals surface area contributed by atoms with Gasteiger partial charge in [-0.3, -0.25) is 4.79 Å². The fourth-order valence-electron chi connectivity index (χ4n) is 4.38. The van der Waals surface area contributed by atoms with Crippen molar-refractivity contribution in [2.45, 2.75) is 103 Å². The van der Waals surface area contributed by atoms with Gasteiger partial charge in [-0.2, -0.15) is 0 Å². The van der Waals surface area contributed by atoms with Crippen molar-refractivity contribution in [3.8, 4) is 0 Å². The van der Waals surface area contributed by atoms with Crippen LogP contribution in [0.15, 0.2) is 30.3 Å². The summed E-state index contributed by atoms with van der Waals surface area (Å²) in [5.41, 5.74) is 0.862. The maximum Gasteiger partial charge on any atom is 0.328 e. The summed E-state index contributed by atoms with van der Waals surface area (Å²) < 4.78 is 41.1. The summed E-state index contributed by atoms with van der Waals surface area (Å²) in [6.45, 7) is 10.8. The first kappa shape index (κ1) is 26.0. The summed E-state index contributed by atoms with van der Waals surface area (Å²) in [5.74, 6) is -2.60. The Morgan fingerprint density at radius 3 is 2.40 bits per heavy atom. The average molecular weight is 494 g/mol. The molecule has 2 unspecified atom stereocenters. The van der Waals surface area contributed by atoms with Crippen LogP contribution < -0.4 is 5.32 Å². The van der Waals surface area contributed by atoms with Crippen LogP contribution in [0.25, 0.3) is 0 Å². The summed E-state index contributed by atoms with van der Waals surface area (Å²) >= 11 is 0. The van der Waals surface area contributed by atoms with Gasteiger partial charge in [0, 0.05) is 0 Å². The molecular weight excluding hydrogens is 458 g/mol. The minimum absolute atomic E-state index is 0.128. The van der Waals surface area contributed by atoms with Crippen molar-refractivity contribution in [3.05, 3.63) is 35.9 Å². The van der Waals surface area contributed by atoms with Crippen LogP contribution in [0.2, 0.25) is 0 Å². The molecule has 4 rings (SSSR count). The third kappa shape index (κ3) is 6.19. The molecule has 3 fully saturated rings. The van der Waals surface area contributed by atoms with Crippen LogP contribution >= 0.6 is 0 Å². The van der Waals surface area contributed by atoms with E-state index in [0.29, 0.717) is 6.61 Å². The van der Waals surface area contributed by atoms with Crippen molar-refractivity contribution >= 4 is 11.9 Å². The minimum Gasteiger partial charge on any atom is -0.459 e. The van der Waals surface area contributed by atoms with E-state index in [1.807, 2.05) is 44.2 Å². The number of ether oxygens (including phenoxy) is 7. The highest BCUT2D eigenvalue weighted by Gasteiger charge is 2.59. The van der Waals surface area contributed by atoms with E-state index in [9.17, 15) is 9.59 Å². The predicted molar refractivity (Wildman–Crippen MR) is 122 cm³/mol. The molecule has 0 aromatic heterocycles. The summed E-state index contributed by atoms with van der Waals surface area (Å²) in [7, 11) is 0. The summed E-state index contributed by atoms with van der Waals surface area (Å²) in [4.78, 5) is 25.2. The molecule has 194 valence electrons. The van der Waals surface area contributed by atoms with Crippen molar-refractivity contribution in [1.82, 2.24) is 5.32 Å². The lowest BCUT2D eigenvalue weighted by Gasteiger charge is -2.30. The zero-order valence-electron chi connectivity index (χ0n) is 21.0. The standard InChI is InChI=1S/C25H35NO9/c1-14(22(28)29-12-16-10-8-7-9-11-16)26-21(27)15(2)31-19-18(17-13-30-24(3,4)33-17)32-23-20(19)34-25(5,6)35-23/h7-11,14-15,17-20,23H,12-13H2,1-6H3,(H,26,27)/t14-,15?,17?,18+,19-,20+,23+/m0/s1. The molecule has 1 amide bonds. The molecule has 7 atom stereocenters. The first-order chi connectivity index (χ1) is 16.4. The van der Waals surface area contributed by atoms with Crippen LogP contribution in [-0.4, -0.2) is 72.9 Å². The van der Waals surface area contributed by atoms with E-state index in [0.717, 1.165) is 5.56 Å². The van der Waals surface area contributed by atoms with Crippen molar-refractivity contribution in [2.24, 2.45) is 0 Å². The van der Waals surface area contributed by atoms with E-state index in [-0.39, 0.29) is 6.61 Å². The van der Waals surface area contributed by atoms with Crippen molar-refractivity contribution in [2.75, 3.05) is 6.61 Å². The van der Waals surface area contributed by atoms with Gasteiger partial charge in [-0.1, -0.05) is 30.3 Å². The normalized spacial score (nSPS) is 32.6. The molecule has 3 saturated heterocycles. The molecule has 35 heavy (non-hydrogen) atoms. The van der Waals surface area contributed by atoms with Gasteiger partial charge in [0.15, 0.2) is 17.9 Å². The molecule has 10 heteroatoms. The fraction of sp³-hybridized carbons (Fsp3) is 0.680. The molecule has 3 aliphatic heterocycles. The van der Waals surface area contributed by atoms with Crippen LogP contribution in [0.1, 0.15) is 47.1 Å². The lowest BCUT2D eigenvalue weighted by Crippen LogP contribution is -2.49. The fourth-order valence-corrected chi connectivity index (χ4v) is 4.38. The Balaban J connectivity index is 1.35.